The highest BCUT2D eigenvalue weighted by atomic mass is 35.5. The first-order valence-corrected chi connectivity index (χ1v) is 7.72. The van der Waals surface area contributed by atoms with E-state index in [4.69, 9.17) is 16.3 Å². The van der Waals surface area contributed by atoms with Crippen LogP contribution in [0.15, 0.2) is 65.8 Å². The lowest BCUT2D eigenvalue weighted by Gasteiger charge is -2.07. The molecular weight excluding hydrogens is 324 g/mol. The molecule has 0 bridgehead atoms. The fourth-order valence-corrected chi connectivity index (χ4v) is 2.67. The molecule has 0 atom stereocenters. The number of hydrogen-bond acceptors (Lipinski definition) is 3. The first-order chi connectivity index (χ1) is 11.7. The van der Waals surface area contributed by atoms with E-state index in [1.807, 2.05) is 36.4 Å². The molecule has 0 aromatic heterocycles. The number of amides is 1. The molecule has 5 heteroatoms. The van der Waals surface area contributed by atoms with Gasteiger partial charge in [-0.15, -0.1) is 0 Å². The van der Waals surface area contributed by atoms with Gasteiger partial charge in [0.05, 0.1) is 23.9 Å². The smallest absolute Gasteiger partial charge is 0.272 e. The number of nitrogens with zero attached hydrogens (tertiary/aromatic N) is 1. The van der Waals surface area contributed by atoms with Crippen LogP contribution in [0, 0.1) is 0 Å². The number of hydrazone groups is 1. The second-order valence-corrected chi connectivity index (χ2v) is 5.49. The molecule has 0 heterocycles. The maximum Gasteiger partial charge on any atom is 0.272 e. The molecule has 0 spiro atoms. The van der Waals surface area contributed by atoms with E-state index in [0.29, 0.717) is 10.6 Å². The van der Waals surface area contributed by atoms with Gasteiger partial charge in [-0.3, -0.25) is 4.79 Å². The van der Waals surface area contributed by atoms with Gasteiger partial charge in [0, 0.05) is 10.9 Å². The molecule has 0 aliphatic carbocycles. The van der Waals surface area contributed by atoms with Crippen molar-refractivity contribution in [2.75, 3.05) is 7.11 Å². The molecular formula is C19H15ClN2O2. The Morgan fingerprint density at radius 2 is 1.75 bits per heavy atom. The molecule has 0 saturated heterocycles. The predicted octanol–water partition coefficient (Wildman–Crippen LogP) is 4.27. The van der Waals surface area contributed by atoms with Crippen molar-refractivity contribution in [3.05, 3.63) is 76.8 Å². The first-order valence-electron chi connectivity index (χ1n) is 7.34. The Labute approximate surface area is 144 Å². The van der Waals surface area contributed by atoms with Crippen LogP contribution in [0.5, 0.6) is 5.75 Å². The number of fused-ring (bicyclic) bond motifs is 1. The van der Waals surface area contributed by atoms with E-state index in [-0.39, 0.29) is 5.91 Å². The maximum atomic E-state index is 12.1. The van der Waals surface area contributed by atoms with E-state index >= 15 is 0 Å². The summed E-state index contributed by atoms with van der Waals surface area (Å²) in [6, 6.07) is 18.5. The molecule has 0 aliphatic rings. The second kappa shape index (κ2) is 7.15. The van der Waals surface area contributed by atoms with Gasteiger partial charge >= 0.3 is 0 Å². The molecule has 1 amide bonds. The van der Waals surface area contributed by atoms with Crippen molar-refractivity contribution in [1.29, 1.82) is 0 Å². The summed E-state index contributed by atoms with van der Waals surface area (Å²) < 4.78 is 5.37. The van der Waals surface area contributed by atoms with Crippen molar-refractivity contribution in [3.63, 3.8) is 0 Å². The van der Waals surface area contributed by atoms with Crippen LogP contribution in [0.1, 0.15) is 15.9 Å². The monoisotopic (exact) mass is 338 g/mol. The molecule has 0 aliphatic heterocycles. The number of methoxy groups -OCH3 is 1. The lowest BCUT2D eigenvalue weighted by Crippen LogP contribution is -2.17. The van der Waals surface area contributed by atoms with Gasteiger partial charge in [0.1, 0.15) is 5.75 Å². The molecule has 0 saturated carbocycles. The van der Waals surface area contributed by atoms with E-state index in [9.17, 15) is 4.79 Å². The van der Waals surface area contributed by atoms with Gasteiger partial charge in [-0.25, -0.2) is 5.43 Å². The van der Waals surface area contributed by atoms with Crippen molar-refractivity contribution in [2.24, 2.45) is 5.10 Å². The second-order valence-electron chi connectivity index (χ2n) is 5.08. The van der Waals surface area contributed by atoms with Crippen molar-refractivity contribution in [2.45, 2.75) is 0 Å². The van der Waals surface area contributed by atoms with E-state index < -0.39 is 0 Å². The number of benzene rings is 3. The molecule has 0 radical (unpaired) electrons. The summed E-state index contributed by atoms with van der Waals surface area (Å²) in [4.78, 5) is 12.1. The molecule has 4 nitrogen and oxygen atoms in total. The Bertz CT molecular complexity index is 922. The third-order valence-corrected chi connectivity index (χ3v) is 3.96. The highest BCUT2D eigenvalue weighted by Crippen LogP contribution is 2.27. The van der Waals surface area contributed by atoms with Crippen LogP contribution in [0.25, 0.3) is 10.8 Å². The van der Waals surface area contributed by atoms with E-state index in [0.717, 1.165) is 22.1 Å². The quantitative estimate of drug-likeness (QED) is 0.570. The van der Waals surface area contributed by atoms with Gasteiger partial charge in [-0.2, -0.15) is 5.10 Å². The summed E-state index contributed by atoms with van der Waals surface area (Å²) >= 11 is 6.00. The van der Waals surface area contributed by atoms with E-state index in [2.05, 4.69) is 10.5 Å². The van der Waals surface area contributed by atoms with Crippen molar-refractivity contribution < 1.29 is 9.53 Å². The van der Waals surface area contributed by atoms with Crippen molar-refractivity contribution in [1.82, 2.24) is 5.43 Å². The van der Waals surface area contributed by atoms with Crippen molar-refractivity contribution in [3.8, 4) is 5.75 Å². The Morgan fingerprint density at radius 1 is 1.04 bits per heavy atom. The molecule has 3 aromatic rings. The topological polar surface area (TPSA) is 50.7 Å². The minimum absolute atomic E-state index is 0.352. The number of carbonyl (C=O) groups excluding carboxylic acids is 1. The number of halogens is 1. The van der Waals surface area contributed by atoms with Gasteiger partial charge in [-0.1, -0.05) is 48.0 Å². The summed E-state index contributed by atoms with van der Waals surface area (Å²) in [5.74, 6) is 0.442. The highest BCUT2D eigenvalue weighted by molar-refractivity contribution is 6.33. The number of rotatable bonds is 4. The lowest BCUT2D eigenvalue weighted by molar-refractivity contribution is 0.0955. The fraction of sp³-hybridized carbons (Fsp3) is 0.0526. The molecule has 1 N–H and O–H groups in total. The average molecular weight is 339 g/mol. The number of ether oxygens (including phenoxy) is 1. The van der Waals surface area contributed by atoms with E-state index in [1.165, 1.54) is 0 Å². The maximum absolute atomic E-state index is 12.1. The normalized spacial score (nSPS) is 10.9. The largest absolute Gasteiger partial charge is 0.496 e. The summed E-state index contributed by atoms with van der Waals surface area (Å²) in [7, 11) is 1.64. The lowest BCUT2D eigenvalue weighted by atomic mass is 10.0. The van der Waals surface area contributed by atoms with Crippen LogP contribution in [-0.4, -0.2) is 19.2 Å². The molecule has 0 unspecified atom stereocenters. The molecule has 120 valence electrons. The zero-order valence-corrected chi connectivity index (χ0v) is 13.7. The molecule has 3 aromatic carbocycles. The zero-order chi connectivity index (χ0) is 16.9. The Kier molecular flexibility index (Phi) is 4.77. The van der Waals surface area contributed by atoms with Crippen LogP contribution >= 0.6 is 11.6 Å². The number of nitrogens with one attached hydrogen (secondary N) is 1. The number of hydrogen-bond donors (Lipinski definition) is 1. The Morgan fingerprint density at radius 3 is 2.50 bits per heavy atom. The summed E-state index contributed by atoms with van der Waals surface area (Å²) in [6.45, 7) is 0. The summed E-state index contributed by atoms with van der Waals surface area (Å²) in [6.07, 6.45) is 1.61. The minimum atomic E-state index is -0.352. The molecule has 0 fully saturated rings. The minimum Gasteiger partial charge on any atom is -0.496 e. The van der Waals surface area contributed by atoms with Crippen LogP contribution in [0.3, 0.4) is 0 Å². The fourth-order valence-electron chi connectivity index (χ4n) is 2.45. The zero-order valence-electron chi connectivity index (χ0n) is 13.0. The van der Waals surface area contributed by atoms with Gasteiger partial charge in [-0.05, 0) is 29.7 Å². The van der Waals surface area contributed by atoms with Gasteiger partial charge in [0.15, 0.2) is 0 Å². The predicted molar refractivity (Wildman–Crippen MR) is 97.0 cm³/mol. The Hall–Kier alpha value is -2.85. The van der Waals surface area contributed by atoms with Crippen molar-refractivity contribution >= 4 is 34.5 Å². The molecule has 24 heavy (non-hydrogen) atoms. The Balaban J connectivity index is 1.84. The van der Waals surface area contributed by atoms with Crippen LogP contribution in [0.4, 0.5) is 0 Å². The van der Waals surface area contributed by atoms with Crippen LogP contribution in [-0.2, 0) is 0 Å². The molecule has 3 rings (SSSR count). The third kappa shape index (κ3) is 3.24. The van der Waals surface area contributed by atoms with Crippen LogP contribution < -0.4 is 10.2 Å². The van der Waals surface area contributed by atoms with Gasteiger partial charge < -0.3 is 4.74 Å². The standard InChI is InChI=1S/C19H15ClN2O2/c1-24-18-11-10-13(14-6-2-3-7-15(14)18)12-21-22-19(23)16-8-4-5-9-17(16)20/h2-12H,1H3,(H,22,23)/b21-12-. The van der Waals surface area contributed by atoms with Gasteiger partial charge in [0.2, 0.25) is 0 Å². The SMILES string of the molecule is COc1ccc(/C=N\NC(=O)c2ccccc2Cl)c2ccccc12. The summed E-state index contributed by atoms with van der Waals surface area (Å²) in [5.41, 5.74) is 3.76. The number of carbonyl (C=O) groups is 1. The summed E-state index contributed by atoms with van der Waals surface area (Å²) in [5, 5.41) is 6.41. The highest BCUT2D eigenvalue weighted by Gasteiger charge is 2.08. The third-order valence-electron chi connectivity index (χ3n) is 3.63. The first kappa shape index (κ1) is 16.0. The van der Waals surface area contributed by atoms with Gasteiger partial charge in [0.25, 0.3) is 5.91 Å². The average Bonchev–Trinajstić information content (AvgIpc) is 2.62. The van der Waals surface area contributed by atoms with E-state index in [1.54, 1.807) is 37.6 Å². The van der Waals surface area contributed by atoms with Crippen LogP contribution in [0.2, 0.25) is 5.02 Å².